The highest BCUT2D eigenvalue weighted by Gasteiger charge is 2.38. The van der Waals surface area contributed by atoms with Crippen molar-refractivity contribution in [3.8, 4) is 0 Å². The van der Waals surface area contributed by atoms with Gasteiger partial charge in [-0.05, 0) is 12.1 Å². The molecular weight excluding hydrogens is 332 g/mol. The van der Waals surface area contributed by atoms with Crippen molar-refractivity contribution in [3.05, 3.63) is 35.4 Å². The van der Waals surface area contributed by atoms with Crippen LogP contribution in [0.5, 0.6) is 0 Å². The van der Waals surface area contributed by atoms with Gasteiger partial charge in [-0.3, -0.25) is 24.1 Å². The number of fused-ring (bicyclic) bond motifs is 1. The average Bonchev–Trinajstić information content (AvgIpc) is 2.80. The first-order chi connectivity index (χ1) is 11.5. The number of hydrogen-bond donors (Lipinski definition) is 1. The number of rotatable bonds is 4. The van der Waals surface area contributed by atoms with Crippen LogP contribution < -0.4 is 0 Å². The van der Waals surface area contributed by atoms with E-state index in [2.05, 4.69) is 0 Å². The van der Waals surface area contributed by atoms with Gasteiger partial charge >= 0.3 is 5.97 Å². The molecule has 1 N–H and O–H groups in total. The number of carboxylic acid groups (broad SMARTS) is 1. The van der Waals surface area contributed by atoms with Gasteiger partial charge in [0, 0.05) is 18.1 Å². The van der Waals surface area contributed by atoms with E-state index in [0.29, 0.717) is 29.2 Å². The Bertz CT molecular complexity index is 685. The summed E-state index contributed by atoms with van der Waals surface area (Å²) in [6.45, 7) is 0.0672. The minimum Gasteiger partial charge on any atom is -0.481 e. The van der Waals surface area contributed by atoms with Crippen molar-refractivity contribution in [3.63, 3.8) is 0 Å². The molecule has 126 valence electrons. The summed E-state index contributed by atoms with van der Waals surface area (Å²) in [6, 6.07) is 6.04. The number of amides is 3. The quantitative estimate of drug-likeness (QED) is 0.805. The van der Waals surface area contributed by atoms with Gasteiger partial charge in [-0.25, -0.2) is 0 Å². The van der Waals surface area contributed by atoms with Gasteiger partial charge in [-0.1, -0.05) is 12.1 Å². The highest BCUT2D eigenvalue weighted by Crippen LogP contribution is 2.24. The molecule has 1 aromatic rings. The molecule has 2 aliphatic rings. The van der Waals surface area contributed by atoms with Gasteiger partial charge in [-0.2, -0.15) is 11.8 Å². The van der Waals surface area contributed by atoms with Crippen LogP contribution in [0.4, 0.5) is 0 Å². The maximum Gasteiger partial charge on any atom is 0.305 e. The highest BCUT2D eigenvalue weighted by atomic mass is 32.2. The zero-order chi connectivity index (χ0) is 17.3. The summed E-state index contributed by atoms with van der Waals surface area (Å²) in [7, 11) is 0. The molecule has 1 unspecified atom stereocenters. The predicted octanol–water partition coefficient (Wildman–Crippen LogP) is 0.701. The van der Waals surface area contributed by atoms with E-state index in [1.165, 1.54) is 4.90 Å². The Morgan fingerprint density at radius 2 is 1.79 bits per heavy atom. The van der Waals surface area contributed by atoms with Crippen LogP contribution in [-0.4, -0.2) is 69.2 Å². The minimum absolute atomic E-state index is 0.138. The van der Waals surface area contributed by atoms with E-state index in [4.69, 9.17) is 5.11 Å². The maximum atomic E-state index is 12.6. The van der Waals surface area contributed by atoms with E-state index in [1.807, 2.05) is 0 Å². The van der Waals surface area contributed by atoms with E-state index in [-0.39, 0.29) is 13.0 Å². The number of carbonyl (C=O) groups excluding carboxylic acids is 3. The van der Waals surface area contributed by atoms with Crippen molar-refractivity contribution < 1.29 is 24.3 Å². The van der Waals surface area contributed by atoms with Gasteiger partial charge in [-0.15, -0.1) is 0 Å². The van der Waals surface area contributed by atoms with Gasteiger partial charge in [0.05, 0.1) is 23.6 Å². The first kappa shape index (κ1) is 16.5. The summed E-state index contributed by atoms with van der Waals surface area (Å²) in [4.78, 5) is 50.6. The number of hydrogen-bond acceptors (Lipinski definition) is 5. The van der Waals surface area contributed by atoms with E-state index >= 15 is 0 Å². The van der Waals surface area contributed by atoms with Crippen molar-refractivity contribution >= 4 is 35.5 Å². The van der Waals surface area contributed by atoms with Crippen LogP contribution in [-0.2, 0) is 9.59 Å². The maximum absolute atomic E-state index is 12.6. The van der Waals surface area contributed by atoms with Gasteiger partial charge in [0.2, 0.25) is 5.91 Å². The van der Waals surface area contributed by atoms with Crippen LogP contribution in [0.1, 0.15) is 27.1 Å². The molecule has 8 heteroatoms. The van der Waals surface area contributed by atoms with Gasteiger partial charge in [0.25, 0.3) is 11.8 Å². The van der Waals surface area contributed by atoms with Crippen LogP contribution in [0.2, 0.25) is 0 Å². The number of imide groups is 1. The van der Waals surface area contributed by atoms with Crippen LogP contribution in [0.25, 0.3) is 0 Å². The van der Waals surface area contributed by atoms with E-state index in [9.17, 15) is 19.2 Å². The van der Waals surface area contributed by atoms with Crippen LogP contribution in [0, 0.1) is 0 Å². The summed E-state index contributed by atoms with van der Waals surface area (Å²) in [5, 5.41) is 8.99. The second kappa shape index (κ2) is 6.64. The lowest BCUT2D eigenvalue weighted by Crippen LogP contribution is -2.51. The molecule has 2 heterocycles. The number of aliphatic carboxylic acids is 1. The number of carbonyl (C=O) groups is 4. The molecule has 1 fully saturated rings. The summed E-state index contributed by atoms with van der Waals surface area (Å²) >= 11 is 1.60. The lowest BCUT2D eigenvalue weighted by atomic mass is 10.1. The Kier molecular flexibility index (Phi) is 4.57. The summed E-state index contributed by atoms with van der Waals surface area (Å²) < 4.78 is 0. The van der Waals surface area contributed by atoms with Crippen molar-refractivity contribution in [2.75, 3.05) is 24.6 Å². The van der Waals surface area contributed by atoms with Crippen molar-refractivity contribution in [2.45, 2.75) is 12.5 Å². The monoisotopic (exact) mass is 348 g/mol. The fourth-order valence-electron chi connectivity index (χ4n) is 2.96. The normalized spacial score (nSPS) is 20.2. The third-order valence-electron chi connectivity index (χ3n) is 4.13. The zero-order valence-corrected chi connectivity index (χ0v) is 13.6. The third kappa shape index (κ3) is 3.01. The SMILES string of the molecule is O=C(O)CC1CSCCN1C(=O)CN1C(=O)c2ccccc2C1=O. The fourth-order valence-corrected chi connectivity index (χ4v) is 4.02. The summed E-state index contributed by atoms with van der Waals surface area (Å²) in [5.41, 5.74) is 0.596. The first-order valence-electron chi connectivity index (χ1n) is 7.53. The lowest BCUT2D eigenvalue weighted by Gasteiger charge is -2.35. The molecule has 0 aliphatic carbocycles. The first-order valence-corrected chi connectivity index (χ1v) is 8.68. The molecule has 0 aromatic heterocycles. The van der Waals surface area contributed by atoms with Crippen LogP contribution >= 0.6 is 11.8 Å². The number of carboxylic acids is 1. The Labute approximate surface area is 142 Å². The summed E-state index contributed by atoms with van der Waals surface area (Å²) in [5.74, 6) is -1.07. The van der Waals surface area contributed by atoms with Gasteiger partial charge in [0.15, 0.2) is 0 Å². The smallest absolute Gasteiger partial charge is 0.305 e. The van der Waals surface area contributed by atoms with Crippen LogP contribution in [0.15, 0.2) is 24.3 Å². The summed E-state index contributed by atoms with van der Waals surface area (Å²) in [6.07, 6.45) is -0.138. The number of nitrogens with zero attached hydrogens (tertiary/aromatic N) is 2. The Balaban J connectivity index is 1.74. The molecule has 0 saturated carbocycles. The van der Waals surface area contributed by atoms with E-state index in [0.717, 1.165) is 4.90 Å². The van der Waals surface area contributed by atoms with E-state index < -0.39 is 29.7 Å². The highest BCUT2D eigenvalue weighted by molar-refractivity contribution is 7.99. The molecule has 0 bridgehead atoms. The van der Waals surface area contributed by atoms with Crippen LogP contribution in [0.3, 0.4) is 0 Å². The zero-order valence-electron chi connectivity index (χ0n) is 12.8. The van der Waals surface area contributed by atoms with Crippen molar-refractivity contribution in [1.29, 1.82) is 0 Å². The van der Waals surface area contributed by atoms with Gasteiger partial charge < -0.3 is 10.0 Å². The molecule has 3 rings (SSSR count). The van der Waals surface area contributed by atoms with Gasteiger partial charge in [0.1, 0.15) is 6.54 Å². The molecule has 1 atom stereocenters. The van der Waals surface area contributed by atoms with E-state index in [1.54, 1.807) is 36.0 Å². The molecule has 2 aliphatic heterocycles. The molecule has 0 radical (unpaired) electrons. The average molecular weight is 348 g/mol. The second-order valence-electron chi connectivity index (χ2n) is 5.66. The Morgan fingerprint density at radius 3 is 2.38 bits per heavy atom. The fraction of sp³-hybridized carbons (Fsp3) is 0.375. The number of benzene rings is 1. The van der Waals surface area contributed by atoms with Crippen molar-refractivity contribution in [1.82, 2.24) is 9.80 Å². The lowest BCUT2D eigenvalue weighted by molar-refractivity contribution is -0.140. The predicted molar refractivity (Wildman–Crippen MR) is 86.9 cm³/mol. The molecule has 1 aromatic carbocycles. The molecule has 7 nitrogen and oxygen atoms in total. The molecular formula is C16H16N2O5S. The molecule has 1 saturated heterocycles. The topological polar surface area (TPSA) is 95.0 Å². The standard InChI is InChI=1S/C16H16N2O5S/c19-13(17-5-6-24-9-10(17)7-14(20)21)8-18-15(22)11-3-1-2-4-12(11)16(18)23/h1-4,10H,5-9H2,(H,20,21). The Hall–Kier alpha value is -2.35. The minimum atomic E-state index is -0.971. The third-order valence-corrected chi connectivity index (χ3v) is 5.22. The molecule has 0 spiro atoms. The number of thioether (sulfide) groups is 1. The second-order valence-corrected chi connectivity index (χ2v) is 6.81. The molecule has 3 amide bonds. The molecule has 24 heavy (non-hydrogen) atoms. The Morgan fingerprint density at radius 1 is 1.17 bits per heavy atom. The largest absolute Gasteiger partial charge is 0.481 e. The van der Waals surface area contributed by atoms with Crippen molar-refractivity contribution in [2.24, 2.45) is 0 Å².